The molecule has 0 atom stereocenters. The Hall–Kier alpha value is -1.39. The van der Waals surface area contributed by atoms with Gasteiger partial charge in [0.1, 0.15) is 5.78 Å². The Morgan fingerprint density at radius 1 is 1.11 bits per heavy atom. The zero-order valence-corrected chi connectivity index (χ0v) is 11.3. The maximum atomic E-state index is 11.6. The quantitative estimate of drug-likeness (QED) is 0.506. The van der Waals surface area contributed by atoms with Crippen molar-refractivity contribution < 1.29 is 24.2 Å². The van der Waals surface area contributed by atoms with Crippen molar-refractivity contribution in [3.05, 3.63) is 0 Å². The lowest BCUT2D eigenvalue weighted by Gasteiger charge is -2.20. The second-order valence-corrected chi connectivity index (χ2v) is 4.91. The van der Waals surface area contributed by atoms with Crippen molar-refractivity contribution in [1.82, 2.24) is 0 Å². The molecule has 0 fully saturated rings. The van der Waals surface area contributed by atoms with Gasteiger partial charge in [-0.3, -0.25) is 14.4 Å². The molecule has 0 aromatic carbocycles. The minimum absolute atomic E-state index is 0.0454. The van der Waals surface area contributed by atoms with Crippen molar-refractivity contribution in [3.63, 3.8) is 0 Å². The third-order valence-electron chi connectivity index (χ3n) is 2.89. The summed E-state index contributed by atoms with van der Waals surface area (Å²) < 4.78 is 5.07. The number of carboxylic acids is 1. The number of ketones is 1. The van der Waals surface area contributed by atoms with Crippen LogP contribution in [0.3, 0.4) is 0 Å². The molecule has 0 bridgehead atoms. The topological polar surface area (TPSA) is 80.7 Å². The van der Waals surface area contributed by atoms with E-state index in [0.717, 1.165) is 0 Å². The fraction of sp³-hybridized carbons (Fsp3) is 0.769. The van der Waals surface area contributed by atoms with E-state index in [1.54, 1.807) is 0 Å². The van der Waals surface area contributed by atoms with Crippen LogP contribution >= 0.6 is 0 Å². The van der Waals surface area contributed by atoms with E-state index >= 15 is 0 Å². The smallest absolute Gasteiger partial charge is 0.311 e. The highest BCUT2D eigenvalue weighted by Crippen LogP contribution is 2.21. The van der Waals surface area contributed by atoms with E-state index in [0.29, 0.717) is 12.8 Å². The highest BCUT2D eigenvalue weighted by atomic mass is 16.5. The summed E-state index contributed by atoms with van der Waals surface area (Å²) in [6.07, 6.45) is 1.31. The first-order valence-electron chi connectivity index (χ1n) is 6.20. The van der Waals surface area contributed by atoms with Crippen molar-refractivity contribution in [2.75, 3.05) is 6.61 Å². The molecule has 0 aliphatic carbocycles. The minimum Gasteiger partial charge on any atom is -0.481 e. The van der Waals surface area contributed by atoms with Crippen LogP contribution in [0.5, 0.6) is 0 Å². The average Bonchev–Trinajstić information content (AvgIpc) is 2.31. The van der Waals surface area contributed by atoms with E-state index < -0.39 is 11.4 Å². The van der Waals surface area contributed by atoms with Gasteiger partial charge < -0.3 is 9.84 Å². The van der Waals surface area contributed by atoms with Crippen molar-refractivity contribution >= 4 is 17.7 Å². The van der Waals surface area contributed by atoms with Gasteiger partial charge in [0.05, 0.1) is 18.4 Å². The minimum atomic E-state index is -0.973. The lowest BCUT2D eigenvalue weighted by molar-refractivity contribution is -0.154. The summed E-state index contributed by atoms with van der Waals surface area (Å²) >= 11 is 0. The zero-order valence-electron chi connectivity index (χ0n) is 11.3. The summed E-state index contributed by atoms with van der Waals surface area (Å²) in [6.45, 7) is 5.75. The molecule has 104 valence electrons. The molecule has 0 aliphatic heterocycles. The number of carbonyl (C=O) groups excluding carboxylic acids is 2. The first-order chi connectivity index (χ1) is 8.29. The van der Waals surface area contributed by atoms with Crippen LogP contribution in [0, 0.1) is 5.41 Å². The van der Waals surface area contributed by atoms with Gasteiger partial charge in [-0.25, -0.2) is 0 Å². The molecule has 0 saturated carbocycles. The second-order valence-electron chi connectivity index (χ2n) is 4.91. The average molecular weight is 258 g/mol. The van der Waals surface area contributed by atoms with Gasteiger partial charge in [-0.1, -0.05) is 6.92 Å². The lowest BCUT2D eigenvalue weighted by Crippen LogP contribution is -2.26. The summed E-state index contributed by atoms with van der Waals surface area (Å²) in [5.74, 6) is -1.34. The van der Waals surface area contributed by atoms with Crippen LogP contribution in [0.25, 0.3) is 0 Å². The Labute approximate surface area is 108 Å². The fourth-order valence-electron chi connectivity index (χ4n) is 1.15. The number of aliphatic carboxylic acids is 1. The molecule has 18 heavy (non-hydrogen) atoms. The number of Topliss-reactive ketones (excluding diaryl/α,β-unsaturated/α-hetero) is 1. The second kappa shape index (κ2) is 7.84. The predicted molar refractivity (Wildman–Crippen MR) is 66.1 cm³/mol. The molecule has 0 aliphatic rings. The summed E-state index contributed by atoms with van der Waals surface area (Å²) in [6, 6.07) is 0. The zero-order chi connectivity index (χ0) is 14.2. The third-order valence-corrected chi connectivity index (χ3v) is 2.89. The molecular formula is C13H22O5. The van der Waals surface area contributed by atoms with E-state index in [1.807, 2.05) is 20.8 Å². The molecular weight excluding hydrogens is 236 g/mol. The number of rotatable bonds is 9. The summed E-state index contributed by atoms with van der Waals surface area (Å²) in [5, 5.41) is 8.40. The molecule has 0 saturated heterocycles. The Kier molecular flexibility index (Phi) is 7.24. The SMILES string of the molecule is CCC(C)(C)C(=O)OCCCC(=O)CCC(=O)O. The molecule has 5 heteroatoms. The molecule has 0 spiro atoms. The maximum Gasteiger partial charge on any atom is 0.311 e. The van der Waals surface area contributed by atoms with Gasteiger partial charge in [0.15, 0.2) is 0 Å². The van der Waals surface area contributed by atoms with Gasteiger partial charge in [0.2, 0.25) is 0 Å². The van der Waals surface area contributed by atoms with E-state index in [1.165, 1.54) is 0 Å². The van der Waals surface area contributed by atoms with Crippen molar-refractivity contribution in [2.45, 2.75) is 52.9 Å². The Morgan fingerprint density at radius 2 is 1.72 bits per heavy atom. The van der Waals surface area contributed by atoms with Gasteiger partial charge in [-0.05, 0) is 26.7 Å². The summed E-state index contributed by atoms with van der Waals surface area (Å²) in [4.78, 5) is 33.1. The summed E-state index contributed by atoms with van der Waals surface area (Å²) in [5.41, 5.74) is -0.493. The van der Waals surface area contributed by atoms with Crippen LogP contribution in [0.1, 0.15) is 52.9 Å². The molecule has 5 nitrogen and oxygen atoms in total. The van der Waals surface area contributed by atoms with Crippen LogP contribution in [0.15, 0.2) is 0 Å². The first kappa shape index (κ1) is 16.6. The molecule has 0 heterocycles. The Morgan fingerprint density at radius 3 is 2.22 bits per heavy atom. The van der Waals surface area contributed by atoms with Crippen molar-refractivity contribution in [1.29, 1.82) is 0 Å². The highest BCUT2D eigenvalue weighted by Gasteiger charge is 2.26. The molecule has 0 amide bonds. The molecule has 1 N–H and O–H groups in total. The van der Waals surface area contributed by atoms with Crippen LogP contribution < -0.4 is 0 Å². The fourth-order valence-corrected chi connectivity index (χ4v) is 1.15. The van der Waals surface area contributed by atoms with Gasteiger partial charge in [0, 0.05) is 12.8 Å². The normalized spacial score (nSPS) is 11.1. The molecule has 0 aromatic rings. The van der Waals surface area contributed by atoms with E-state index in [2.05, 4.69) is 0 Å². The molecule has 0 unspecified atom stereocenters. The van der Waals surface area contributed by atoms with Crippen LogP contribution in [-0.2, 0) is 19.1 Å². The number of carbonyl (C=O) groups is 3. The third kappa shape index (κ3) is 7.04. The van der Waals surface area contributed by atoms with E-state index in [-0.39, 0.29) is 37.6 Å². The Bertz CT molecular complexity index is 307. The highest BCUT2D eigenvalue weighted by molar-refractivity contribution is 5.82. The standard InChI is InChI=1S/C13H22O5/c1-4-13(2,3)12(17)18-9-5-6-10(14)7-8-11(15)16/h4-9H2,1-3H3,(H,15,16). The monoisotopic (exact) mass is 258 g/mol. The van der Waals surface area contributed by atoms with Crippen LogP contribution in [0.4, 0.5) is 0 Å². The van der Waals surface area contributed by atoms with Gasteiger partial charge in [0.25, 0.3) is 0 Å². The van der Waals surface area contributed by atoms with Gasteiger partial charge in [-0.15, -0.1) is 0 Å². The Balaban J connectivity index is 3.71. The first-order valence-corrected chi connectivity index (χ1v) is 6.20. The largest absolute Gasteiger partial charge is 0.481 e. The van der Waals surface area contributed by atoms with Crippen molar-refractivity contribution in [3.8, 4) is 0 Å². The van der Waals surface area contributed by atoms with Crippen LogP contribution in [0.2, 0.25) is 0 Å². The predicted octanol–water partition coefficient (Wildman–Crippen LogP) is 2.18. The number of hydrogen-bond acceptors (Lipinski definition) is 4. The maximum absolute atomic E-state index is 11.6. The number of ether oxygens (including phenoxy) is 1. The number of hydrogen-bond donors (Lipinski definition) is 1. The van der Waals surface area contributed by atoms with Gasteiger partial charge in [-0.2, -0.15) is 0 Å². The van der Waals surface area contributed by atoms with E-state index in [4.69, 9.17) is 9.84 Å². The summed E-state index contributed by atoms with van der Waals surface area (Å²) in [7, 11) is 0. The van der Waals surface area contributed by atoms with E-state index in [9.17, 15) is 14.4 Å². The molecule has 0 radical (unpaired) electrons. The number of esters is 1. The molecule has 0 aromatic heterocycles. The van der Waals surface area contributed by atoms with Crippen LogP contribution in [-0.4, -0.2) is 29.4 Å². The lowest BCUT2D eigenvalue weighted by atomic mass is 9.91. The molecule has 0 rings (SSSR count). The number of carboxylic acid groups (broad SMARTS) is 1. The van der Waals surface area contributed by atoms with Gasteiger partial charge >= 0.3 is 11.9 Å². The van der Waals surface area contributed by atoms with Crippen molar-refractivity contribution in [2.24, 2.45) is 5.41 Å².